The molecule has 4 nitrogen and oxygen atoms in total. The predicted octanol–water partition coefficient (Wildman–Crippen LogP) is 4.94. The highest BCUT2D eigenvalue weighted by molar-refractivity contribution is 6.30. The lowest BCUT2D eigenvalue weighted by Crippen LogP contribution is -2.35. The number of nitrogens with zero attached hydrogens (tertiary/aromatic N) is 1. The van der Waals surface area contributed by atoms with Gasteiger partial charge in [0, 0.05) is 29.2 Å². The molecule has 1 heterocycles. The van der Waals surface area contributed by atoms with E-state index < -0.39 is 0 Å². The van der Waals surface area contributed by atoms with Gasteiger partial charge in [0.1, 0.15) is 18.1 Å². The number of benzene rings is 2. The number of carbonyl (C=O) groups excluding carboxylic acids is 1. The van der Waals surface area contributed by atoms with Crippen LogP contribution in [0, 0.1) is 0 Å². The average Bonchev–Trinajstić information content (AvgIpc) is 2.69. The van der Waals surface area contributed by atoms with Gasteiger partial charge in [-0.15, -0.1) is 0 Å². The third-order valence-electron chi connectivity index (χ3n) is 4.46. The maximum absolute atomic E-state index is 12.8. The van der Waals surface area contributed by atoms with Crippen molar-refractivity contribution >= 4 is 17.5 Å². The van der Waals surface area contributed by atoms with Crippen molar-refractivity contribution in [3.63, 3.8) is 0 Å². The van der Waals surface area contributed by atoms with Gasteiger partial charge in [0.05, 0.1) is 6.61 Å². The predicted molar refractivity (Wildman–Crippen MR) is 103 cm³/mol. The van der Waals surface area contributed by atoms with Crippen LogP contribution in [0.3, 0.4) is 0 Å². The quantitative estimate of drug-likeness (QED) is 0.719. The van der Waals surface area contributed by atoms with Crippen molar-refractivity contribution in [3.8, 4) is 11.5 Å². The maximum atomic E-state index is 12.8. The maximum Gasteiger partial charge on any atom is 0.253 e. The molecule has 0 aliphatic carbocycles. The molecule has 1 amide bonds. The molecule has 26 heavy (non-hydrogen) atoms. The van der Waals surface area contributed by atoms with E-state index in [-0.39, 0.29) is 5.91 Å². The summed E-state index contributed by atoms with van der Waals surface area (Å²) in [5.41, 5.74) is 1.55. The summed E-state index contributed by atoms with van der Waals surface area (Å²) >= 11 is 5.91. The molecule has 5 heteroatoms. The molecule has 0 unspecified atom stereocenters. The number of ether oxygens (including phenoxy) is 2. The summed E-state index contributed by atoms with van der Waals surface area (Å²) in [4.78, 5) is 14.7. The first kappa shape index (κ1) is 18.6. The monoisotopic (exact) mass is 373 g/mol. The fourth-order valence-corrected chi connectivity index (χ4v) is 3.22. The van der Waals surface area contributed by atoms with Gasteiger partial charge in [-0.2, -0.15) is 0 Å². The minimum absolute atomic E-state index is 0.0838. The zero-order chi connectivity index (χ0) is 18.4. The number of piperidine rings is 1. The number of halogens is 1. The molecule has 1 saturated heterocycles. The average molecular weight is 374 g/mol. The molecule has 2 aromatic carbocycles. The van der Waals surface area contributed by atoms with Gasteiger partial charge in [-0.3, -0.25) is 4.79 Å². The van der Waals surface area contributed by atoms with E-state index in [1.54, 1.807) is 12.1 Å². The summed E-state index contributed by atoms with van der Waals surface area (Å²) in [5.74, 6) is 1.56. The Kier molecular flexibility index (Phi) is 6.40. The molecule has 1 fully saturated rings. The Hall–Kier alpha value is -2.20. The molecule has 3 rings (SSSR count). The van der Waals surface area contributed by atoms with Gasteiger partial charge in [-0.05, 0) is 68.7 Å². The first-order valence-electron chi connectivity index (χ1n) is 9.10. The Morgan fingerprint density at radius 2 is 1.77 bits per heavy atom. The van der Waals surface area contributed by atoms with Crippen LogP contribution in [0.15, 0.2) is 42.5 Å². The van der Waals surface area contributed by atoms with Crippen molar-refractivity contribution in [3.05, 3.63) is 58.6 Å². The second-order valence-corrected chi connectivity index (χ2v) is 6.79. The normalized spacial score (nSPS) is 14.2. The molecule has 1 aliphatic rings. The largest absolute Gasteiger partial charge is 0.493 e. The van der Waals surface area contributed by atoms with Gasteiger partial charge in [0.25, 0.3) is 5.91 Å². The van der Waals surface area contributed by atoms with Gasteiger partial charge in [0.15, 0.2) is 0 Å². The molecule has 0 aromatic heterocycles. The van der Waals surface area contributed by atoms with Crippen molar-refractivity contribution < 1.29 is 14.3 Å². The van der Waals surface area contributed by atoms with Crippen LogP contribution in [0.2, 0.25) is 5.02 Å². The first-order chi connectivity index (χ1) is 12.7. The van der Waals surface area contributed by atoms with E-state index in [0.717, 1.165) is 43.0 Å². The van der Waals surface area contributed by atoms with Gasteiger partial charge < -0.3 is 14.4 Å². The lowest BCUT2D eigenvalue weighted by atomic mass is 10.1. The molecule has 138 valence electrons. The van der Waals surface area contributed by atoms with E-state index >= 15 is 0 Å². The zero-order valence-electron chi connectivity index (χ0n) is 15.0. The highest BCUT2D eigenvalue weighted by Crippen LogP contribution is 2.25. The molecule has 0 spiro atoms. The van der Waals surface area contributed by atoms with Crippen LogP contribution < -0.4 is 9.47 Å². The van der Waals surface area contributed by atoms with E-state index in [4.69, 9.17) is 21.1 Å². The minimum Gasteiger partial charge on any atom is -0.493 e. The number of carbonyl (C=O) groups is 1. The van der Waals surface area contributed by atoms with Crippen LogP contribution >= 0.6 is 11.6 Å². The zero-order valence-corrected chi connectivity index (χ0v) is 15.8. The van der Waals surface area contributed by atoms with E-state index in [1.807, 2.05) is 42.2 Å². The Bertz CT molecular complexity index is 739. The standard InChI is InChI=1S/C21H24ClNO3/c1-2-25-20-11-6-16(21(24)23-12-4-3-5-13-23)14-17(20)15-26-19-9-7-18(22)8-10-19/h6-11,14H,2-5,12-13,15H2,1H3. The van der Waals surface area contributed by atoms with E-state index in [0.29, 0.717) is 23.8 Å². The third kappa shape index (κ3) is 4.70. The third-order valence-corrected chi connectivity index (χ3v) is 4.71. The second-order valence-electron chi connectivity index (χ2n) is 6.35. The molecule has 1 aliphatic heterocycles. The molecule has 0 atom stereocenters. The van der Waals surface area contributed by atoms with Crippen LogP contribution in [-0.4, -0.2) is 30.5 Å². The fourth-order valence-electron chi connectivity index (χ4n) is 3.09. The van der Waals surface area contributed by atoms with Crippen molar-refractivity contribution in [2.75, 3.05) is 19.7 Å². The van der Waals surface area contributed by atoms with Crippen LogP contribution in [0.4, 0.5) is 0 Å². The SMILES string of the molecule is CCOc1ccc(C(=O)N2CCCCC2)cc1COc1ccc(Cl)cc1. The molecular weight excluding hydrogens is 350 g/mol. The summed E-state index contributed by atoms with van der Waals surface area (Å²) in [5, 5.41) is 0.668. The first-order valence-corrected chi connectivity index (χ1v) is 9.48. The van der Waals surface area contributed by atoms with Gasteiger partial charge >= 0.3 is 0 Å². The van der Waals surface area contributed by atoms with Crippen LogP contribution in [0.1, 0.15) is 42.1 Å². The minimum atomic E-state index is 0.0838. The summed E-state index contributed by atoms with van der Waals surface area (Å²) in [7, 11) is 0. The Labute approximate surface area is 159 Å². The number of amides is 1. The summed E-state index contributed by atoms with van der Waals surface area (Å²) in [6.07, 6.45) is 3.36. The van der Waals surface area contributed by atoms with Crippen LogP contribution in [0.25, 0.3) is 0 Å². The number of rotatable bonds is 6. The number of hydrogen-bond donors (Lipinski definition) is 0. The summed E-state index contributed by atoms with van der Waals surface area (Å²) in [6, 6.07) is 12.8. The lowest BCUT2D eigenvalue weighted by Gasteiger charge is -2.27. The lowest BCUT2D eigenvalue weighted by molar-refractivity contribution is 0.0724. The van der Waals surface area contributed by atoms with Crippen LogP contribution in [0.5, 0.6) is 11.5 Å². The molecule has 0 radical (unpaired) electrons. The van der Waals surface area contributed by atoms with Crippen molar-refractivity contribution in [2.45, 2.75) is 32.8 Å². The van der Waals surface area contributed by atoms with Gasteiger partial charge in [-0.1, -0.05) is 11.6 Å². The summed E-state index contributed by atoms with van der Waals surface area (Å²) in [6.45, 7) is 4.51. The Balaban J connectivity index is 1.76. The van der Waals surface area contributed by atoms with E-state index in [1.165, 1.54) is 6.42 Å². The topological polar surface area (TPSA) is 38.8 Å². The Morgan fingerprint density at radius 3 is 2.46 bits per heavy atom. The molecular formula is C21H24ClNO3. The van der Waals surface area contributed by atoms with Gasteiger partial charge in [0.2, 0.25) is 0 Å². The van der Waals surface area contributed by atoms with Crippen LogP contribution in [-0.2, 0) is 6.61 Å². The van der Waals surface area contributed by atoms with E-state index in [9.17, 15) is 4.79 Å². The van der Waals surface area contributed by atoms with Crippen molar-refractivity contribution in [1.82, 2.24) is 4.90 Å². The highest BCUT2D eigenvalue weighted by Gasteiger charge is 2.19. The molecule has 2 aromatic rings. The van der Waals surface area contributed by atoms with Gasteiger partial charge in [-0.25, -0.2) is 0 Å². The Morgan fingerprint density at radius 1 is 1.04 bits per heavy atom. The smallest absolute Gasteiger partial charge is 0.253 e. The van der Waals surface area contributed by atoms with E-state index in [2.05, 4.69) is 0 Å². The summed E-state index contributed by atoms with van der Waals surface area (Å²) < 4.78 is 11.5. The molecule has 0 N–H and O–H groups in total. The number of hydrogen-bond acceptors (Lipinski definition) is 3. The highest BCUT2D eigenvalue weighted by atomic mass is 35.5. The van der Waals surface area contributed by atoms with Crippen molar-refractivity contribution in [2.24, 2.45) is 0 Å². The molecule has 0 saturated carbocycles. The second kappa shape index (κ2) is 8.95. The van der Waals surface area contributed by atoms with Crippen molar-refractivity contribution in [1.29, 1.82) is 0 Å². The fraction of sp³-hybridized carbons (Fsp3) is 0.381. The molecule has 0 bridgehead atoms. The number of likely N-dealkylation sites (tertiary alicyclic amines) is 1.